The average Bonchev–Trinajstić information content (AvgIpc) is 2.35. The highest BCUT2D eigenvalue weighted by atomic mass is 16.4. The number of amidine groups is 1. The minimum Gasteiger partial charge on any atom is -0.409 e. The molecule has 16 heavy (non-hydrogen) atoms. The van der Waals surface area contributed by atoms with Crippen LogP contribution in [-0.4, -0.2) is 33.0 Å². The summed E-state index contributed by atoms with van der Waals surface area (Å²) >= 11 is 0. The quantitative estimate of drug-likeness (QED) is 0.281. The molecule has 1 aromatic rings. The van der Waals surface area contributed by atoms with E-state index in [2.05, 4.69) is 20.4 Å². The molecular weight excluding hydrogens is 210 g/mol. The maximum atomic E-state index is 11.6. The van der Waals surface area contributed by atoms with Gasteiger partial charge < -0.3 is 16.3 Å². The smallest absolute Gasteiger partial charge is 0.272 e. The number of nitrogens with one attached hydrogen (secondary N) is 1. The van der Waals surface area contributed by atoms with Gasteiger partial charge in [0.1, 0.15) is 5.69 Å². The van der Waals surface area contributed by atoms with Gasteiger partial charge in [0, 0.05) is 12.4 Å². The van der Waals surface area contributed by atoms with Gasteiger partial charge in [-0.25, -0.2) is 4.98 Å². The lowest BCUT2D eigenvalue weighted by atomic mass is 10.2. The summed E-state index contributed by atoms with van der Waals surface area (Å²) in [5, 5.41) is 13.9. The van der Waals surface area contributed by atoms with Crippen molar-refractivity contribution in [3.8, 4) is 0 Å². The van der Waals surface area contributed by atoms with E-state index >= 15 is 0 Å². The van der Waals surface area contributed by atoms with Crippen LogP contribution in [0.25, 0.3) is 0 Å². The van der Waals surface area contributed by atoms with Crippen molar-refractivity contribution in [3.63, 3.8) is 0 Å². The van der Waals surface area contributed by atoms with Gasteiger partial charge in [-0.2, -0.15) is 0 Å². The standard InChI is InChI=1S/C9H13N5O2/c1-2-6(8(10)14-16)13-9(15)7-5-11-3-4-12-7/h3-6,16H,2H2,1H3,(H2,10,14)(H,13,15). The number of nitrogens with zero attached hydrogens (tertiary/aromatic N) is 3. The predicted octanol–water partition coefficient (Wildman–Crippen LogP) is -0.269. The minimum atomic E-state index is -0.514. The monoisotopic (exact) mass is 223 g/mol. The van der Waals surface area contributed by atoms with Crippen LogP contribution in [0.4, 0.5) is 0 Å². The zero-order valence-corrected chi connectivity index (χ0v) is 8.79. The molecule has 0 aliphatic heterocycles. The van der Waals surface area contributed by atoms with Crippen molar-refractivity contribution in [2.24, 2.45) is 10.9 Å². The van der Waals surface area contributed by atoms with E-state index in [4.69, 9.17) is 10.9 Å². The Morgan fingerprint density at radius 2 is 2.44 bits per heavy atom. The Labute approximate surface area is 92.4 Å². The summed E-state index contributed by atoms with van der Waals surface area (Å²) in [6, 6.07) is -0.514. The van der Waals surface area contributed by atoms with Gasteiger partial charge in [-0.05, 0) is 6.42 Å². The molecule has 0 bridgehead atoms. The van der Waals surface area contributed by atoms with Gasteiger partial charge in [-0.3, -0.25) is 9.78 Å². The van der Waals surface area contributed by atoms with Gasteiger partial charge in [-0.1, -0.05) is 12.1 Å². The SMILES string of the molecule is CCC(NC(=O)c1cnccn1)C(N)=NO. The van der Waals surface area contributed by atoms with Crippen molar-refractivity contribution in [1.82, 2.24) is 15.3 Å². The van der Waals surface area contributed by atoms with Crippen molar-refractivity contribution in [1.29, 1.82) is 0 Å². The van der Waals surface area contributed by atoms with E-state index in [0.717, 1.165) is 0 Å². The third-order valence-electron chi connectivity index (χ3n) is 1.98. The highest BCUT2D eigenvalue weighted by Gasteiger charge is 2.16. The summed E-state index contributed by atoms with van der Waals surface area (Å²) in [5.74, 6) is -0.453. The van der Waals surface area contributed by atoms with E-state index < -0.39 is 11.9 Å². The molecule has 0 spiro atoms. The van der Waals surface area contributed by atoms with Crippen LogP contribution in [0, 0.1) is 0 Å². The normalized spacial score (nSPS) is 13.2. The largest absolute Gasteiger partial charge is 0.409 e. The average molecular weight is 223 g/mol. The number of oxime groups is 1. The second-order valence-corrected chi connectivity index (χ2v) is 3.05. The van der Waals surface area contributed by atoms with Crippen LogP contribution >= 0.6 is 0 Å². The molecule has 0 aromatic carbocycles. The lowest BCUT2D eigenvalue weighted by molar-refractivity contribution is 0.0940. The summed E-state index contributed by atoms with van der Waals surface area (Å²) in [6.07, 6.45) is 4.74. The molecule has 0 radical (unpaired) electrons. The minimum absolute atomic E-state index is 0.0419. The summed E-state index contributed by atoms with van der Waals surface area (Å²) in [6.45, 7) is 1.81. The van der Waals surface area contributed by atoms with Gasteiger partial charge in [0.2, 0.25) is 0 Å². The molecule has 1 unspecified atom stereocenters. The molecular formula is C9H13N5O2. The summed E-state index contributed by atoms with van der Waals surface area (Å²) in [7, 11) is 0. The Bertz CT molecular complexity index is 379. The third-order valence-corrected chi connectivity index (χ3v) is 1.98. The molecule has 1 amide bonds. The molecule has 0 saturated carbocycles. The molecule has 0 aliphatic rings. The van der Waals surface area contributed by atoms with Crippen LogP contribution < -0.4 is 11.1 Å². The summed E-state index contributed by atoms with van der Waals surface area (Å²) in [4.78, 5) is 19.2. The fourth-order valence-corrected chi connectivity index (χ4v) is 1.10. The molecule has 0 fully saturated rings. The third kappa shape index (κ3) is 2.91. The predicted molar refractivity (Wildman–Crippen MR) is 57.0 cm³/mol. The first-order valence-corrected chi connectivity index (χ1v) is 4.73. The van der Waals surface area contributed by atoms with E-state index in [1.807, 2.05) is 0 Å². The van der Waals surface area contributed by atoms with Crippen LogP contribution in [0.5, 0.6) is 0 Å². The Morgan fingerprint density at radius 3 is 2.94 bits per heavy atom. The first-order valence-electron chi connectivity index (χ1n) is 4.73. The molecule has 4 N–H and O–H groups in total. The van der Waals surface area contributed by atoms with Crippen LogP contribution in [0.15, 0.2) is 23.7 Å². The van der Waals surface area contributed by atoms with E-state index in [9.17, 15) is 4.79 Å². The maximum Gasteiger partial charge on any atom is 0.272 e. The van der Waals surface area contributed by atoms with Crippen molar-refractivity contribution >= 4 is 11.7 Å². The second-order valence-electron chi connectivity index (χ2n) is 3.05. The number of hydrogen-bond acceptors (Lipinski definition) is 5. The van der Waals surface area contributed by atoms with Gasteiger partial charge in [0.15, 0.2) is 5.84 Å². The van der Waals surface area contributed by atoms with Gasteiger partial charge in [0.25, 0.3) is 5.91 Å². The first kappa shape index (κ1) is 11.9. The lowest BCUT2D eigenvalue weighted by Crippen LogP contribution is -2.44. The van der Waals surface area contributed by atoms with Crippen LogP contribution in [0.2, 0.25) is 0 Å². The van der Waals surface area contributed by atoms with Crippen LogP contribution in [0.3, 0.4) is 0 Å². The zero-order chi connectivity index (χ0) is 12.0. The second kappa shape index (κ2) is 5.64. The van der Waals surface area contributed by atoms with Crippen molar-refractivity contribution in [2.75, 3.05) is 0 Å². The van der Waals surface area contributed by atoms with Crippen LogP contribution in [-0.2, 0) is 0 Å². The van der Waals surface area contributed by atoms with Crippen LogP contribution in [0.1, 0.15) is 23.8 Å². The van der Waals surface area contributed by atoms with Crippen molar-refractivity contribution < 1.29 is 10.0 Å². The molecule has 1 heterocycles. The van der Waals surface area contributed by atoms with Crippen molar-refractivity contribution in [3.05, 3.63) is 24.3 Å². The van der Waals surface area contributed by atoms with Gasteiger partial charge in [0.05, 0.1) is 12.2 Å². The summed E-state index contributed by atoms with van der Waals surface area (Å²) < 4.78 is 0. The number of nitrogens with two attached hydrogens (primary N) is 1. The lowest BCUT2D eigenvalue weighted by Gasteiger charge is -2.14. The highest BCUT2D eigenvalue weighted by Crippen LogP contribution is 1.95. The van der Waals surface area contributed by atoms with Gasteiger partial charge in [-0.15, -0.1) is 0 Å². The van der Waals surface area contributed by atoms with E-state index in [1.54, 1.807) is 6.92 Å². The molecule has 86 valence electrons. The Morgan fingerprint density at radius 1 is 1.69 bits per heavy atom. The number of amides is 1. The molecule has 1 atom stereocenters. The van der Waals surface area contributed by atoms with E-state index in [-0.39, 0.29) is 11.5 Å². The number of aromatic nitrogens is 2. The van der Waals surface area contributed by atoms with E-state index in [0.29, 0.717) is 6.42 Å². The molecule has 0 saturated heterocycles. The summed E-state index contributed by atoms with van der Waals surface area (Å²) in [5.41, 5.74) is 5.59. The number of carbonyl (C=O) groups is 1. The fraction of sp³-hybridized carbons (Fsp3) is 0.333. The fourth-order valence-electron chi connectivity index (χ4n) is 1.10. The van der Waals surface area contributed by atoms with Crippen molar-refractivity contribution in [2.45, 2.75) is 19.4 Å². The first-order chi connectivity index (χ1) is 7.69. The number of hydrogen-bond donors (Lipinski definition) is 3. The number of rotatable bonds is 4. The molecule has 1 aromatic heterocycles. The number of carbonyl (C=O) groups excluding carboxylic acids is 1. The molecule has 1 rings (SSSR count). The Kier molecular flexibility index (Phi) is 4.19. The van der Waals surface area contributed by atoms with Gasteiger partial charge >= 0.3 is 0 Å². The zero-order valence-electron chi connectivity index (χ0n) is 8.79. The molecule has 7 nitrogen and oxygen atoms in total. The highest BCUT2D eigenvalue weighted by molar-refractivity contribution is 5.96. The Hall–Kier alpha value is -2.18. The maximum absolute atomic E-state index is 11.6. The topological polar surface area (TPSA) is 113 Å². The molecule has 0 aliphatic carbocycles. The Balaban J connectivity index is 2.70. The van der Waals surface area contributed by atoms with E-state index in [1.165, 1.54) is 18.6 Å². The molecule has 7 heteroatoms.